The zero-order chi connectivity index (χ0) is 13.2. The van der Waals surface area contributed by atoms with Crippen LogP contribution in [0.5, 0.6) is 0 Å². The van der Waals surface area contributed by atoms with Gasteiger partial charge in [-0.1, -0.05) is 36.4 Å². The van der Waals surface area contributed by atoms with Gasteiger partial charge in [0.1, 0.15) is 5.69 Å². The Morgan fingerprint density at radius 1 is 1.06 bits per heavy atom. The number of aryl methyl sites for hydroxylation is 1. The molecule has 0 atom stereocenters. The van der Waals surface area contributed by atoms with Crippen molar-refractivity contribution in [2.24, 2.45) is 0 Å². The van der Waals surface area contributed by atoms with Gasteiger partial charge in [0.25, 0.3) is 0 Å². The lowest BCUT2D eigenvalue weighted by Gasteiger charge is -2.23. The van der Waals surface area contributed by atoms with E-state index in [9.17, 15) is 4.79 Å². The van der Waals surface area contributed by atoms with Gasteiger partial charge in [-0.05, 0) is 38.0 Å². The van der Waals surface area contributed by atoms with Gasteiger partial charge in [-0.3, -0.25) is 9.78 Å². The summed E-state index contributed by atoms with van der Waals surface area (Å²) < 4.78 is 0. The second-order valence-electron chi connectivity index (χ2n) is 5.04. The lowest BCUT2D eigenvalue weighted by Crippen LogP contribution is -2.29. The number of rotatable bonds is 3. The van der Waals surface area contributed by atoms with Crippen molar-refractivity contribution in [3.63, 3.8) is 0 Å². The zero-order valence-electron chi connectivity index (χ0n) is 11.0. The first-order chi connectivity index (χ1) is 8.51. The molecule has 2 heteroatoms. The summed E-state index contributed by atoms with van der Waals surface area (Å²) in [6.07, 6.45) is 1.73. The van der Waals surface area contributed by atoms with Crippen molar-refractivity contribution in [2.45, 2.75) is 26.2 Å². The Labute approximate surface area is 108 Å². The molecule has 0 saturated carbocycles. The van der Waals surface area contributed by atoms with Crippen molar-refractivity contribution in [1.82, 2.24) is 4.98 Å². The van der Waals surface area contributed by atoms with Crippen LogP contribution in [-0.4, -0.2) is 10.8 Å². The van der Waals surface area contributed by atoms with Crippen molar-refractivity contribution < 1.29 is 4.79 Å². The largest absolute Gasteiger partial charge is 0.291 e. The number of hydrogen-bond acceptors (Lipinski definition) is 2. The van der Waals surface area contributed by atoms with Crippen LogP contribution in [-0.2, 0) is 5.41 Å². The van der Waals surface area contributed by atoms with Crippen LogP contribution in [0.2, 0.25) is 0 Å². The molecule has 2 nitrogen and oxygen atoms in total. The SMILES string of the molecule is Cc1ccc(C(=O)C(C)(C)c2ccccc2)nc1. The second kappa shape index (κ2) is 4.73. The molecule has 1 aromatic heterocycles. The van der Waals surface area contributed by atoms with Gasteiger partial charge in [0.05, 0.1) is 5.41 Å². The molecule has 1 aromatic carbocycles. The van der Waals surface area contributed by atoms with Gasteiger partial charge in [0.15, 0.2) is 5.78 Å². The molecule has 0 saturated heterocycles. The maximum Gasteiger partial charge on any atom is 0.191 e. The van der Waals surface area contributed by atoms with Crippen molar-refractivity contribution in [1.29, 1.82) is 0 Å². The summed E-state index contributed by atoms with van der Waals surface area (Å²) in [6.45, 7) is 5.84. The summed E-state index contributed by atoms with van der Waals surface area (Å²) in [5.41, 5.74) is 2.04. The summed E-state index contributed by atoms with van der Waals surface area (Å²) in [7, 11) is 0. The Bertz CT molecular complexity index is 541. The van der Waals surface area contributed by atoms with Crippen LogP contribution in [0.1, 0.15) is 35.5 Å². The molecule has 0 unspecified atom stereocenters. The Morgan fingerprint density at radius 3 is 2.28 bits per heavy atom. The minimum Gasteiger partial charge on any atom is -0.291 e. The fraction of sp³-hybridized carbons (Fsp3) is 0.250. The quantitative estimate of drug-likeness (QED) is 0.767. The van der Waals surface area contributed by atoms with Gasteiger partial charge in [-0.25, -0.2) is 0 Å². The number of carbonyl (C=O) groups excluding carboxylic acids is 1. The van der Waals surface area contributed by atoms with Crippen LogP contribution in [0.25, 0.3) is 0 Å². The van der Waals surface area contributed by atoms with Crippen LogP contribution in [0.3, 0.4) is 0 Å². The first-order valence-corrected chi connectivity index (χ1v) is 6.05. The normalized spacial score (nSPS) is 11.3. The van der Waals surface area contributed by atoms with Gasteiger partial charge >= 0.3 is 0 Å². The summed E-state index contributed by atoms with van der Waals surface area (Å²) >= 11 is 0. The van der Waals surface area contributed by atoms with Crippen LogP contribution in [0.15, 0.2) is 48.7 Å². The second-order valence-corrected chi connectivity index (χ2v) is 5.04. The smallest absolute Gasteiger partial charge is 0.191 e. The number of nitrogens with zero attached hydrogens (tertiary/aromatic N) is 1. The average molecular weight is 239 g/mol. The molecule has 0 bridgehead atoms. The van der Waals surface area contributed by atoms with E-state index in [1.807, 2.05) is 57.2 Å². The third-order valence-electron chi connectivity index (χ3n) is 3.21. The summed E-state index contributed by atoms with van der Waals surface area (Å²) in [4.78, 5) is 16.7. The molecule has 0 fully saturated rings. The molecule has 92 valence electrons. The summed E-state index contributed by atoms with van der Waals surface area (Å²) in [5.74, 6) is 0.0497. The molecule has 18 heavy (non-hydrogen) atoms. The number of benzene rings is 1. The highest BCUT2D eigenvalue weighted by Gasteiger charge is 2.31. The van der Waals surface area contributed by atoms with E-state index in [-0.39, 0.29) is 5.78 Å². The maximum atomic E-state index is 12.5. The standard InChI is InChI=1S/C16H17NO/c1-12-9-10-14(17-11-12)15(18)16(2,3)13-7-5-4-6-8-13/h4-11H,1-3H3. The Kier molecular flexibility index (Phi) is 3.28. The highest BCUT2D eigenvalue weighted by atomic mass is 16.1. The van der Waals surface area contributed by atoms with Crippen LogP contribution in [0, 0.1) is 6.92 Å². The molecule has 0 radical (unpaired) electrons. The van der Waals surface area contributed by atoms with E-state index < -0.39 is 5.41 Å². The molecular weight excluding hydrogens is 222 g/mol. The number of aromatic nitrogens is 1. The van der Waals surface area contributed by atoms with E-state index in [0.717, 1.165) is 11.1 Å². The third kappa shape index (κ3) is 2.33. The topological polar surface area (TPSA) is 30.0 Å². The molecule has 0 amide bonds. The number of hydrogen-bond donors (Lipinski definition) is 0. The van der Waals surface area contributed by atoms with Crippen LogP contribution >= 0.6 is 0 Å². The number of carbonyl (C=O) groups is 1. The third-order valence-corrected chi connectivity index (χ3v) is 3.21. The number of Topliss-reactive ketones (excluding diaryl/α,β-unsaturated/α-hetero) is 1. The monoisotopic (exact) mass is 239 g/mol. The molecule has 0 aliphatic heterocycles. The molecular formula is C16H17NO. The van der Waals surface area contributed by atoms with Crippen molar-refractivity contribution in [3.8, 4) is 0 Å². The number of ketones is 1. The highest BCUT2D eigenvalue weighted by Crippen LogP contribution is 2.26. The fourth-order valence-corrected chi connectivity index (χ4v) is 1.91. The molecule has 0 aliphatic rings. The highest BCUT2D eigenvalue weighted by molar-refractivity contribution is 6.02. The lowest BCUT2D eigenvalue weighted by molar-refractivity contribution is 0.0903. The lowest BCUT2D eigenvalue weighted by atomic mass is 9.79. The van der Waals surface area contributed by atoms with Gasteiger partial charge in [0.2, 0.25) is 0 Å². The van der Waals surface area contributed by atoms with Gasteiger partial charge < -0.3 is 0 Å². The van der Waals surface area contributed by atoms with Crippen LogP contribution < -0.4 is 0 Å². The zero-order valence-corrected chi connectivity index (χ0v) is 11.0. The minimum absolute atomic E-state index is 0.0497. The van der Waals surface area contributed by atoms with E-state index in [1.165, 1.54) is 0 Å². The molecule has 0 spiro atoms. The Morgan fingerprint density at radius 2 is 1.72 bits per heavy atom. The van der Waals surface area contributed by atoms with Gasteiger partial charge in [-0.15, -0.1) is 0 Å². The van der Waals surface area contributed by atoms with Crippen molar-refractivity contribution in [3.05, 3.63) is 65.5 Å². The van der Waals surface area contributed by atoms with Crippen molar-refractivity contribution >= 4 is 5.78 Å². The molecule has 1 heterocycles. The fourth-order valence-electron chi connectivity index (χ4n) is 1.91. The first kappa shape index (κ1) is 12.5. The molecule has 2 rings (SSSR count). The van der Waals surface area contributed by atoms with E-state index in [0.29, 0.717) is 5.69 Å². The molecule has 0 N–H and O–H groups in total. The predicted octanol–water partition coefficient (Wildman–Crippen LogP) is 3.55. The van der Waals surface area contributed by atoms with E-state index in [1.54, 1.807) is 12.3 Å². The molecule has 0 aliphatic carbocycles. The first-order valence-electron chi connectivity index (χ1n) is 6.05. The summed E-state index contributed by atoms with van der Waals surface area (Å²) in [5, 5.41) is 0. The van der Waals surface area contributed by atoms with E-state index in [4.69, 9.17) is 0 Å². The van der Waals surface area contributed by atoms with Crippen LogP contribution in [0.4, 0.5) is 0 Å². The maximum absolute atomic E-state index is 12.5. The Balaban J connectivity index is 2.36. The molecule has 2 aromatic rings. The minimum atomic E-state index is -0.552. The van der Waals surface area contributed by atoms with Gasteiger partial charge in [-0.2, -0.15) is 0 Å². The number of pyridine rings is 1. The van der Waals surface area contributed by atoms with Gasteiger partial charge in [0, 0.05) is 6.20 Å². The van der Waals surface area contributed by atoms with E-state index in [2.05, 4.69) is 4.98 Å². The summed E-state index contributed by atoms with van der Waals surface area (Å²) in [6, 6.07) is 13.5. The van der Waals surface area contributed by atoms with Crippen molar-refractivity contribution in [2.75, 3.05) is 0 Å². The Hall–Kier alpha value is -1.96. The average Bonchev–Trinajstić information content (AvgIpc) is 2.40. The predicted molar refractivity (Wildman–Crippen MR) is 72.8 cm³/mol. The van der Waals surface area contributed by atoms with E-state index >= 15 is 0 Å².